The van der Waals surface area contributed by atoms with Crippen LogP contribution in [0.25, 0.3) is 64.6 Å². The van der Waals surface area contributed by atoms with Gasteiger partial charge in [-0.25, -0.2) is 4.79 Å². The van der Waals surface area contributed by atoms with Crippen molar-refractivity contribution >= 4 is 82.2 Å². The molecular weight excluding hydrogens is 506 g/mol. The molecule has 196 valence electrons. The minimum atomic E-state index is -1.68. The van der Waals surface area contributed by atoms with Crippen LogP contribution in [-0.4, -0.2) is 17.0 Å². The fourth-order valence-electron chi connectivity index (χ4n) is 7.13. The fraction of sp³-hybridized carbons (Fsp3) is 0.0811. The van der Waals surface area contributed by atoms with E-state index in [0.717, 1.165) is 64.6 Å². The number of hydrogen-bond acceptors (Lipinski definition) is 2. The van der Waals surface area contributed by atoms with Gasteiger partial charge in [-0.3, -0.25) is 9.69 Å². The molecule has 0 spiro atoms. The first-order valence-corrected chi connectivity index (χ1v) is 13.8. The number of amides is 1. The maximum Gasteiger partial charge on any atom is 0.334 e. The Labute approximate surface area is 235 Å². The Morgan fingerprint density at radius 1 is 0.561 bits per heavy atom. The van der Waals surface area contributed by atoms with Crippen LogP contribution in [0.5, 0.6) is 0 Å². The lowest BCUT2D eigenvalue weighted by molar-refractivity contribution is -0.144. The Hall–Kier alpha value is -5.22. The van der Waals surface area contributed by atoms with E-state index in [1.165, 1.54) is 11.8 Å². The summed E-state index contributed by atoms with van der Waals surface area (Å²) in [6, 6.07) is 36.6. The van der Waals surface area contributed by atoms with E-state index < -0.39 is 11.5 Å². The van der Waals surface area contributed by atoms with Crippen LogP contribution >= 0.6 is 0 Å². The molecule has 0 aliphatic rings. The van der Waals surface area contributed by atoms with Gasteiger partial charge >= 0.3 is 5.97 Å². The van der Waals surface area contributed by atoms with Gasteiger partial charge in [0.15, 0.2) is 5.54 Å². The normalized spacial score (nSPS) is 13.6. The number of nitrogens with zero attached hydrogens (tertiary/aromatic N) is 1. The molecule has 0 aromatic heterocycles. The summed E-state index contributed by atoms with van der Waals surface area (Å²) in [5.74, 6) is -1.43. The average Bonchev–Trinajstić information content (AvgIpc) is 2.99. The molecule has 0 bridgehead atoms. The van der Waals surface area contributed by atoms with Gasteiger partial charge in [0.2, 0.25) is 5.91 Å². The molecule has 1 atom stereocenters. The molecule has 0 aliphatic carbocycles. The maximum absolute atomic E-state index is 13.7. The van der Waals surface area contributed by atoms with Crippen molar-refractivity contribution < 1.29 is 14.7 Å². The van der Waals surface area contributed by atoms with Crippen LogP contribution in [0.2, 0.25) is 0 Å². The quantitative estimate of drug-likeness (QED) is 0.231. The summed E-state index contributed by atoms with van der Waals surface area (Å²) in [7, 11) is 0. The zero-order valence-corrected chi connectivity index (χ0v) is 22.6. The molecule has 0 saturated heterocycles. The predicted molar refractivity (Wildman–Crippen MR) is 168 cm³/mol. The van der Waals surface area contributed by atoms with Crippen molar-refractivity contribution in [3.05, 3.63) is 115 Å². The first-order valence-electron chi connectivity index (χ1n) is 13.8. The third-order valence-electron chi connectivity index (χ3n) is 8.98. The van der Waals surface area contributed by atoms with Gasteiger partial charge < -0.3 is 5.11 Å². The number of benzene rings is 8. The van der Waals surface area contributed by atoms with E-state index in [1.54, 1.807) is 6.92 Å². The molecule has 4 nitrogen and oxygen atoms in total. The van der Waals surface area contributed by atoms with E-state index in [2.05, 4.69) is 54.6 Å². The highest BCUT2D eigenvalue weighted by molar-refractivity contribution is 6.27. The molecule has 8 aromatic carbocycles. The molecule has 1 N–H and O–H groups in total. The van der Waals surface area contributed by atoms with Gasteiger partial charge in [-0.2, -0.15) is 0 Å². The van der Waals surface area contributed by atoms with E-state index in [4.69, 9.17) is 0 Å². The summed E-state index contributed by atoms with van der Waals surface area (Å²) in [5, 5.41) is 23.5. The molecule has 0 heterocycles. The highest BCUT2D eigenvalue weighted by atomic mass is 16.4. The highest BCUT2D eigenvalue weighted by Gasteiger charge is 2.46. The second kappa shape index (κ2) is 8.15. The average molecular weight is 532 g/mol. The van der Waals surface area contributed by atoms with Crippen LogP contribution in [0.15, 0.2) is 109 Å². The second-order valence-electron chi connectivity index (χ2n) is 11.1. The Balaban J connectivity index is 1.47. The largest absolute Gasteiger partial charge is 0.479 e. The lowest BCUT2D eigenvalue weighted by Gasteiger charge is -2.39. The van der Waals surface area contributed by atoms with E-state index >= 15 is 0 Å². The van der Waals surface area contributed by atoms with E-state index in [0.29, 0.717) is 11.3 Å². The number of aliphatic carboxylic acids is 1. The molecule has 0 fully saturated rings. The van der Waals surface area contributed by atoms with Crippen LogP contribution in [0.3, 0.4) is 0 Å². The Morgan fingerprint density at radius 2 is 0.976 bits per heavy atom. The van der Waals surface area contributed by atoms with E-state index in [9.17, 15) is 14.7 Å². The van der Waals surface area contributed by atoms with Crippen LogP contribution in [0.4, 0.5) is 5.69 Å². The van der Waals surface area contributed by atoms with Crippen LogP contribution in [-0.2, 0) is 15.1 Å². The molecule has 8 aromatic rings. The zero-order chi connectivity index (χ0) is 28.0. The van der Waals surface area contributed by atoms with Crippen molar-refractivity contribution in [1.29, 1.82) is 0 Å². The lowest BCUT2D eigenvalue weighted by atomic mass is 9.82. The SMILES string of the molecule is CC(=O)N(c1ccc2ccc3cccc4ccc1c2c34)C(C)(C(=O)O)c1ccc2ccc3cccc4ccc1c2c34. The number of carbonyl (C=O) groups is 2. The van der Waals surface area contributed by atoms with E-state index in [1.807, 2.05) is 54.6 Å². The fourth-order valence-corrected chi connectivity index (χ4v) is 7.13. The summed E-state index contributed by atoms with van der Waals surface area (Å²) in [4.78, 5) is 28.6. The standard InChI is InChI=1S/C37H25NO3/c1-21(39)38(31-20-16-27-12-10-23-6-4-8-25-14-18-29(31)35(27)33(23)25)37(2,36(40)41)30-19-15-26-11-9-22-5-3-7-24-13-17-28(30)34(26)32(22)24/h3-20H,1-2H3,(H,40,41). The Bertz CT molecular complexity index is 2320. The first kappa shape index (κ1) is 23.6. The predicted octanol–water partition coefficient (Wildman–Crippen LogP) is 8.83. The van der Waals surface area contributed by atoms with Crippen molar-refractivity contribution in [2.75, 3.05) is 4.90 Å². The van der Waals surface area contributed by atoms with Crippen LogP contribution < -0.4 is 4.90 Å². The van der Waals surface area contributed by atoms with Gasteiger partial charge in [0, 0.05) is 12.3 Å². The van der Waals surface area contributed by atoms with Gasteiger partial charge in [0.1, 0.15) is 0 Å². The molecular formula is C37H25NO3. The summed E-state index contributed by atoms with van der Waals surface area (Å²) in [5.41, 5.74) is -0.521. The van der Waals surface area contributed by atoms with Gasteiger partial charge in [0.25, 0.3) is 0 Å². The maximum atomic E-state index is 13.7. The van der Waals surface area contributed by atoms with Gasteiger partial charge in [0.05, 0.1) is 5.69 Å². The molecule has 1 amide bonds. The molecule has 4 heteroatoms. The summed E-state index contributed by atoms with van der Waals surface area (Å²) < 4.78 is 0. The highest BCUT2D eigenvalue weighted by Crippen LogP contribution is 2.45. The zero-order valence-electron chi connectivity index (χ0n) is 22.6. The number of carboxylic acid groups (broad SMARTS) is 1. The monoisotopic (exact) mass is 531 g/mol. The van der Waals surface area contributed by atoms with Crippen LogP contribution in [0.1, 0.15) is 19.4 Å². The molecule has 41 heavy (non-hydrogen) atoms. The molecule has 0 aliphatic heterocycles. The van der Waals surface area contributed by atoms with Crippen molar-refractivity contribution in [2.45, 2.75) is 19.4 Å². The van der Waals surface area contributed by atoms with Gasteiger partial charge in [-0.15, -0.1) is 0 Å². The molecule has 1 unspecified atom stereocenters. The van der Waals surface area contributed by atoms with Crippen molar-refractivity contribution in [3.8, 4) is 0 Å². The smallest absolute Gasteiger partial charge is 0.334 e. The number of rotatable bonds is 4. The Kier molecular flexibility index (Phi) is 4.70. The summed E-state index contributed by atoms with van der Waals surface area (Å²) in [6.07, 6.45) is 0. The molecule has 0 saturated carbocycles. The van der Waals surface area contributed by atoms with Crippen LogP contribution in [0, 0.1) is 0 Å². The molecule has 8 rings (SSSR count). The summed E-state index contributed by atoms with van der Waals surface area (Å²) >= 11 is 0. The number of anilines is 1. The van der Waals surface area contributed by atoms with Crippen molar-refractivity contribution in [3.63, 3.8) is 0 Å². The summed E-state index contributed by atoms with van der Waals surface area (Å²) in [6.45, 7) is 3.11. The Morgan fingerprint density at radius 3 is 1.49 bits per heavy atom. The third-order valence-corrected chi connectivity index (χ3v) is 8.98. The number of carboxylic acids is 1. The minimum absolute atomic E-state index is 0.337. The topological polar surface area (TPSA) is 57.6 Å². The minimum Gasteiger partial charge on any atom is -0.479 e. The van der Waals surface area contributed by atoms with Crippen molar-refractivity contribution in [1.82, 2.24) is 0 Å². The van der Waals surface area contributed by atoms with E-state index in [-0.39, 0.29) is 5.91 Å². The van der Waals surface area contributed by atoms with Gasteiger partial charge in [-0.1, -0.05) is 103 Å². The first-order chi connectivity index (χ1) is 19.9. The van der Waals surface area contributed by atoms with Crippen molar-refractivity contribution in [2.24, 2.45) is 0 Å². The lowest BCUT2D eigenvalue weighted by Crippen LogP contribution is -2.52. The number of hydrogen-bond donors (Lipinski definition) is 1. The van der Waals surface area contributed by atoms with Gasteiger partial charge in [-0.05, 0) is 77.8 Å². The second-order valence-corrected chi connectivity index (χ2v) is 11.1. The molecule has 0 radical (unpaired) electrons. The third kappa shape index (κ3) is 3.05. The number of carbonyl (C=O) groups excluding carboxylic acids is 1.